The summed E-state index contributed by atoms with van der Waals surface area (Å²) in [5.41, 5.74) is 0.856. The van der Waals surface area contributed by atoms with Gasteiger partial charge in [0.25, 0.3) is 0 Å². The summed E-state index contributed by atoms with van der Waals surface area (Å²) in [6.45, 7) is 5.35. The second-order valence-corrected chi connectivity index (χ2v) is 5.67. The molecular weight excluding hydrogens is 250 g/mol. The van der Waals surface area contributed by atoms with Crippen molar-refractivity contribution in [1.29, 1.82) is 0 Å². The summed E-state index contributed by atoms with van der Waals surface area (Å²) in [5, 5.41) is 0. The molecule has 1 aromatic rings. The molecule has 4 heteroatoms. The maximum absolute atomic E-state index is 5.93. The lowest BCUT2D eigenvalue weighted by molar-refractivity contribution is 0.130. The summed E-state index contributed by atoms with van der Waals surface area (Å²) in [6.07, 6.45) is 8.72. The normalized spacial score (nSPS) is 22.9. The van der Waals surface area contributed by atoms with Gasteiger partial charge in [0.15, 0.2) is 0 Å². The fourth-order valence-corrected chi connectivity index (χ4v) is 2.28. The molecule has 0 aromatic carbocycles. The fourth-order valence-electron chi connectivity index (χ4n) is 2.28. The highest BCUT2D eigenvalue weighted by Gasteiger charge is 2.19. The minimum atomic E-state index is 0.333. The van der Waals surface area contributed by atoms with Crippen LogP contribution in [0.25, 0.3) is 0 Å². The molecule has 0 saturated heterocycles. The number of pyridine rings is 1. The average Bonchev–Trinajstić information content (AvgIpc) is 2.48. The van der Waals surface area contributed by atoms with Gasteiger partial charge in [-0.05, 0) is 44.6 Å². The highest BCUT2D eigenvalue weighted by Crippen LogP contribution is 2.26. The van der Waals surface area contributed by atoms with E-state index in [4.69, 9.17) is 4.74 Å². The first-order chi connectivity index (χ1) is 9.67. The Morgan fingerprint density at radius 3 is 2.70 bits per heavy atom. The third-order valence-electron chi connectivity index (χ3n) is 3.87. The molecule has 2 rings (SSSR count). The van der Waals surface area contributed by atoms with Gasteiger partial charge in [0.1, 0.15) is 6.10 Å². The van der Waals surface area contributed by atoms with Crippen molar-refractivity contribution in [2.24, 2.45) is 10.9 Å². The lowest BCUT2D eigenvalue weighted by Gasteiger charge is -2.26. The van der Waals surface area contributed by atoms with Crippen LogP contribution in [-0.2, 0) is 0 Å². The molecule has 1 aromatic heterocycles. The molecule has 4 nitrogen and oxygen atoms in total. The van der Waals surface area contributed by atoms with E-state index in [1.165, 1.54) is 12.8 Å². The minimum absolute atomic E-state index is 0.333. The van der Waals surface area contributed by atoms with Crippen LogP contribution in [0.1, 0.15) is 39.5 Å². The van der Waals surface area contributed by atoms with Gasteiger partial charge in [-0.15, -0.1) is 0 Å². The van der Waals surface area contributed by atoms with Crippen LogP contribution in [0.2, 0.25) is 0 Å². The van der Waals surface area contributed by atoms with Crippen LogP contribution in [0, 0.1) is 5.92 Å². The molecule has 1 aliphatic rings. The van der Waals surface area contributed by atoms with E-state index in [2.05, 4.69) is 23.8 Å². The maximum Gasteiger partial charge on any atom is 0.213 e. The van der Waals surface area contributed by atoms with E-state index in [1.807, 2.05) is 30.4 Å². The van der Waals surface area contributed by atoms with Gasteiger partial charge in [0.05, 0.1) is 18.2 Å². The van der Waals surface area contributed by atoms with Crippen molar-refractivity contribution in [3.05, 3.63) is 18.3 Å². The molecule has 0 aliphatic heterocycles. The van der Waals surface area contributed by atoms with Gasteiger partial charge < -0.3 is 9.64 Å². The van der Waals surface area contributed by atoms with Crippen LogP contribution in [0.5, 0.6) is 5.88 Å². The van der Waals surface area contributed by atoms with E-state index < -0.39 is 0 Å². The van der Waals surface area contributed by atoms with E-state index in [9.17, 15) is 0 Å². The SMILES string of the molecule is CCN(C)/C=N/c1ccc(O[C@H]2CC[C@H](C)CC2)nc1. The largest absolute Gasteiger partial charge is 0.474 e. The van der Waals surface area contributed by atoms with Crippen molar-refractivity contribution in [1.82, 2.24) is 9.88 Å². The van der Waals surface area contributed by atoms with Gasteiger partial charge in [-0.3, -0.25) is 0 Å². The summed E-state index contributed by atoms with van der Waals surface area (Å²) < 4.78 is 5.93. The molecule has 0 spiro atoms. The number of hydrogen-bond acceptors (Lipinski definition) is 3. The van der Waals surface area contributed by atoms with Gasteiger partial charge in [0.2, 0.25) is 5.88 Å². The third kappa shape index (κ3) is 4.51. The molecule has 0 radical (unpaired) electrons. The Morgan fingerprint density at radius 2 is 2.10 bits per heavy atom. The lowest BCUT2D eigenvalue weighted by Crippen LogP contribution is -2.23. The van der Waals surface area contributed by atoms with Gasteiger partial charge in [-0.2, -0.15) is 0 Å². The molecule has 0 unspecified atom stereocenters. The van der Waals surface area contributed by atoms with Crippen LogP contribution in [0.3, 0.4) is 0 Å². The zero-order valence-corrected chi connectivity index (χ0v) is 12.7. The number of ether oxygens (including phenoxy) is 1. The molecule has 1 fully saturated rings. The van der Waals surface area contributed by atoms with E-state index in [0.29, 0.717) is 12.0 Å². The molecule has 0 bridgehead atoms. The van der Waals surface area contributed by atoms with Crippen molar-refractivity contribution in [3.8, 4) is 5.88 Å². The number of nitrogens with zero attached hydrogens (tertiary/aromatic N) is 3. The third-order valence-corrected chi connectivity index (χ3v) is 3.87. The zero-order chi connectivity index (χ0) is 14.4. The summed E-state index contributed by atoms with van der Waals surface area (Å²) in [6, 6.07) is 3.87. The Morgan fingerprint density at radius 1 is 1.35 bits per heavy atom. The highest BCUT2D eigenvalue weighted by molar-refractivity contribution is 5.60. The Labute approximate surface area is 121 Å². The Balaban J connectivity index is 1.86. The van der Waals surface area contributed by atoms with E-state index in [-0.39, 0.29) is 0 Å². The first-order valence-electron chi connectivity index (χ1n) is 7.54. The predicted molar refractivity (Wildman–Crippen MR) is 82.7 cm³/mol. The summed E-state index contributed by atoms with van der Waals surface area (Å²) in [7, 11) is 2.00. The summed E-state index contributed by atoms with van der Waals surface area (Å²) in [4.78, 5) is 10.7. The molecule has 0 amide bonds. The predicted octanol–water partition coefficient (Wildman–Crippen LogP) is 3.65. The summed E-state index contributed by atoms with van der Waals surface area (Å²) >= 11 is 0. The van der Waals surface area contributed by atoms with Crippen molar-refractivity contribution in [2.75, 3.05) is 13.6 Å². The second kappa shape index (κ2) is 7.27. The van der Waals surface area contributed by atoms with E-state index in [0.717, 1.165) is 31.0 Å². The van der Waals surface area contributed by atoms with E-state index in [1.54, 1.807) is 6.20 Å². The van der Waals surface area contributed by atoms with Gasteiger partial charge in [-0.1, -0.05) is 6.92 Å². The lowest BCUT2D eigenvalue weighted by atomic mass is 9.89. The Bertz CT molecular complexity index is 422. The van der Waals surface area contributed by atoms with Gasteiger partial charge in [-0.25, -0.2) is 9.98 Å². The van der Waals surface area contributed by atoms with Gasteiger partial charge >= 0.3 is 0 Å². The summed E-state index contributed by atoms with van der Waals surface area (Å²) in [5.74, 6) is 1.56. The zero-order valence-electron chi connectivity index (χ0n) is 12.7. The average molecular weight is 275 g/mol. The van der Waals surface area contributed by atoms with Crippen LogP contribution < -0.4 is 4.74 Å². The van der Waals surface area contributed by atoms with Crippen molar-refractivity contribution in [2.45, 2.75) is 45.6 Å². The standard InChI is InChI=1S/C16H25N3O/c1-4-19(3)12-18-14-7-10-16(17-11-14)20-15-8-5-13(2)6-9-15/h7,10-13,15H,4-6,8-9H2,1-3H3/b18-12+/t13-,15-. The maximum atomic E-state index is 5.93. The molecule has 110 valence electrons. The number of hydrogen-bond donors (Lipinski definition) is 0. The smallest absolute Gasteiger partial charge is 0.213 e. The van der Waals surface area contributed by atoms with Crippen molar-refractivity contribution >= 4 is 12.0 Å². The van der Waals surface area contributed by atoms with Crippen LogP contribution >= 0.6 is 0 Å². The monoisotopic (exact) mass is 275 g/mol. The number of aliphatic imine (C=N–C) groups is 1. The fraction of sp³-hybridized carbons (Fsp3) is 0.625. The molecule has 0 N–H and O–H groups in total. The molecule has 1 saturated carbocycles. The Hall–Kier alpha value is -1.58. The molecular formula is C16H25N3O. The highest BCUT2D eigenvalue weighted by atomic mass is 16.5. The van der Waals surface area contributed by atoms with Crippen LogP contribution in [0.15, 0.2) is 23.3 Å². The molecule has 1 heterocycles. The molecule has 1 aliphatic carbocycles. The van der Waals surface area contributed by atoms with Gasteiger partial charge in [0, 0.05) is 19.7 Å². The quantitative estimate of drug-likeness (QED) is 0.608. The van der Waals surface area contributed by atoms with Crippen LogP contribution in [-0.4, -0.2) is 35.9 Å². The molecule has 20 heavy (non-hydrogen) atoms. The first kappa shape index (κ1) is 14.8. The first-order valence-corrected chi connectivity index (χ1v) is 7.54. The number of aromatic nitrogens is 1. The van der Waals surface area contributed by atoms with E-state index >= 15 is 0 Å². The van der Waals surface area contributed by atoms with Crippen LogP contribution in [0.4, 0.5) is 5.69 Å². The minimum Gasteiger partial charge on any atom is -0.474 e. The number of rotatable bonds is 5. The van der Waals surface area contributed by atoms with Crippen molar-refractivity contribution in [3.63, 3.8) is 0 Å². The second-order valence-electron chi connectivity index (χ2n) is 5.67. The van der Waals surface area contributed by atoms with Crippen molar-refractivity contribution < 1.29 is 4.74 Å². The Kier molecular flexibility index (Phi) is 5.39. The topological polar surface area (TPSA) is 37.7 Å². The molecule has 0 atom stereocenters.